The van der Waals surface area contributed by atoms with E-state index in [1.807, 2.05) is 36.4 Å². The summed E-state index contributed by atoms with van der Waals surface area (Å²) in [6.07, 6.45) is -0.793. The van der Waals surface area contributed by atoms with Gasteiger partial charge in [0.2, 0.25) is 5.95 Å². The number of carbonyl (C=O) groups is 1. The number of imidazole rings is 1. The van der Waals surface area contributed by atoms with E-state index < -0.39 is 6.09 Å². The number of carbonyl (C=O) groups excluding carboxylic acids is 1. The minimum atomic E-state index is -0.572. The zero-order valence-corrected chi connectivity index (χ0v) is 14.7. The van der Waals surface area contributed by atoms with E-state index >= 15 is 0 Å². The molecule has 0 radical (unpaired) electrons. The number of fused-ring (bicyclic) bond motifs is 2. The number of ether oxygens (including phenoxy) is 1. The Kier molecular flexibility index (Phi) is 4.08. The van der Waals surface area contributed by atoms with E-state index in [4.69, 9.17) is 4.74 Å². The lowest BCUT2D eigenvalue weighted by Crippen LogP contribution is -2.18. The number of benzene rings is 2. The van der Waals surface area contributed by atoms with Crippen molar-refractivity contribution in [2.75, 3.05) is 5.32 Å². The van der Waals surface area contributed by atoms with E-state index in [1.54, 1.807) is 19.9 Å². The third-order valence-corrected chi connectivity index (χ3v) is 4.02. The summed E-state index contributed by atoms with van der Waals surface area (Å²) < 4.78 is 5.05. The van der Waals surface area contributed by atoms with Crippen molar-refractivity contribution in [1.82, 2.24) is 20.2 Å². The number of aromatic nitrogens is 4. The highest BCUT2D eigenvalue weighted by molar-refractivity contribution is 5.96. The summed E-state index contributed by atoms with van der Waals surface area (Å²) in [5, 5.41) is 10.6. The number of anilines is 1. The van der Waals surface area contributed by atoms with E-state index in [2.05, 4.69) is 25.5 Å². The SMILES string of the molecule is CC(C)OC(=O)Nc1nc2cc(-c3n[nH]c(=O)c4ccccc34)ccc2[nH]1. The monoisotopic (exact) mass is 363 g/mol. The van der Waals surface area contributed by atoms with Crippen LogP contribution < -0.4 is 10.9 Å². The van der Waals surface area contributed by atoms with Gasteiger partial charge in [-0.1, -0.05) is 24.3 Å². The summed E-state index contributed by atoms with van der Waals surface area (Å²) in [5.41, 5.74) is 2.64. The van der Waals surface area contributed by atoms with E-state index in [9.17, 15) is 9.59 Å². The zero-order chi connectivity index (χ0) is 19.0. The number of amides is 1. The average molecular weight is 363 g/mol. The Morgan fingerprint density at radius 3 is 2.70 bits per heavy atom. The molecule has 0 bridgehead atoms. The number of nitrogens with zero attached hydrogens (tertiary/aromatic N) is 2. The molecule has 27 heavy (non-hydrogen) atoms. The molecule has 4 aromatic rings. The van der Waals surface area contributed by atoms with E-state index in [-0.39, 0.29) is 11.7 Å². The van der Waals surface area contributed by atoms with Crippen molar-refractivity contribution in [3.8, 4) is 11.3 Å². The van der Waals surface area contributed by atoms with Crippen LogP contribution in [-0.4, -0.2) is 32.4 Å². The summed E-state index contributed by atoms with van der Waals surface area (Å²) in [6.45, 7) is 3.54. The van der Waals surface area contributed by atoms with Gasteiger partial charge in [-0.15, -0.1) is 0 Å². The smallest absolute Gasteiger partial charge is 0.414 e. The molecule has 2 heterocycles. The van der Waals surface area contributed by atoms with Crippen molar-refractivity contribution >= 4 is 33.8 Å². The molecule has 1 amide bonds. The molecule has 0 aliphatic carbocycles. The molecule has 8 heteroatoms. The molecule has 0 aliphatic rings. The van der Waals surface area contributed by atoms with Gasteiger partial charge in [0.05, 0.1) is 28.2 Å². The molecule has 0 spiro atoms. The second-order valence-electron chi connectivity index (χ2n) is 6.34. The topological polar surface area (TPSA) is 113 Å². The van der Waals surface area contributed by atoms with E-state index in [0.717, 1.165) is 16.5 Å². The van der Waals surface area contributed by atoms with Gasteiger partial charge in [-0.2, -0.15) is 5.10 Å². The van der Waals surface area contributed by atoms with Crippen LogP contribution in [0.2, 0.25) is 0 Å². The Morgan fingerprint density at radius 1 is 1.15 bits per heavy atom. The van der Waals surface area contributed by atoms with Crippen molar-refractivity contribution in [3.63, 3.8) is 0 Å². The van der Waals surface area contributed by atoms with E-state index in [1.165, 1.54) is 0 Å². The Labute approximate surface area is 153 Å². The predicted molar refractivity (Wildman–Crippen MR) is 103 cm³/mol. The lowest BCUT2D eigenvalue weighted by atomic mass is 10.0. The average Bonchev–Trinajstić information content (AvgIpc) is 3.02. The third kappa shape index (κ3) is 3.24. The molecule has 2 aromatic heterocycles. The van der Waals surface area contributed by atoms with Gasteiger partial charge in [0.1, 0.15) is 0 Å². The second-order valence-corrected chi connectivity index (χ2v) is 6.34. The molecule has 0 saturated carbocycles. The maximum atomic E-state index is 12.0. The summed E-state index contributed by atoms with van der Waals surface area (Å²) in [4.78, 5) is 31.1. The Hall–Kier alpha value is -3.68. The van der Waals surface area contributed by atoms with Crippen molar-refractivity contribution in [3.05, 3.63) is 52.8 Å². The van der Waals surface area contributed by atoms with Gasteiger partial charge in [0.25, 0.3) is 5.56 Å². The molecule has 0 fully saturated rings. The minimum Gasteiger partial charge on any atom is -0.447 e. The minimum absolute atomic E-state index is 0.222. The quantitative estimate of drug-likeness (QED) is 0.516. The fourth-order valence-corrected chi connectivity index (χ4v) is 2.89. The van der Waals surface area contributed by atoms with Gasteiger partial charge in [-0.05, 0) is 32.0 Å². The van der Waals surface area contributed by atoms with Gasteiger partial charge < -0.3 is 9.72 Å². The molecule has 3 N–H and O–H groups in total. The summed E-state index contributed by atoms with van der Waals surface area (Å²) in [6, 6.07) is 12.9. The number of nitrogens with one attached hydrogen (secondary N) is 3. The molecule has 0 atom stereocenters. The zero-order valence-electron chi connectivity index (χ0n) is 14.7. The van der Waals surface area contributed by atoms with Crippen LogP contribution in [0.3, 0.4) is 0 Å². The van der Waals surface area contributed by atoms with Crippen molar-refractivity contribution in [2.45, 2.75) is 20.0 Å². The van der Waals surface area contributed by atoms with Crippen LogP contribution in [0.25, 0.3) is 33.1 Å². The molecule has 2 aromatic carbocycles. The lowest BCUT2D eigenvalue weighted by molar-refractivity contribution is 0.130. The van der Waals surface area contributed by atoms with E-state index in [0.29, 0.717) is 22.5 Å². The molecule has 136 valence electrons. The molecule has 0 saturated heterocycles. The van der Waals surface area contributed by atoms with Crippen LogP contribution in [0.15, 0.2) is 47.3 Å². The van der Waals surface area contributed by atoms with Gasteiger partial charge in [-0.3, -0.25) is 10.1 Å². The summed E-state index contributed by atoms with van der Waals surface area (Å²) in [7, 11) is 0. The van der Waals surface area contributed by atoms with Crippen LogP contribution >= 0.6 is 0 Å². The lowest BCUT2D eigenvalue weighted by Gasteiger charge is -2.06. The van der Waals surface area contributed by atoms with Gasteiger partial charge in [0, 0.05) is 10.9 Å². The maximum absolute atomic E-state index is 12.0. The van der Waals surface area contributed by atoms with Crippen LogP contribution in [0.1, 0.15) is 13.8 Å². The first-order chi connectivity index (χ1) is 13.0. The second kappa shape index (κ2) is 6.56. The van der Waals surface area contributed by atoms with Gasteiger partial charge in [0.15, 0.2) is 0 Å². The predicted octanol–water partition coefficient (Wildman–Crippen LogP) is 3.42. The number of aromatic amines is 2. The highest BCUT2D eigenvalue weighted by atomic mass is 16.6. The Morgan fingerprint density at radius 2 is 1.93 bits per heavy atom. The maximum Gasteiger partial charge on any atom is 0.414 e. The summed E-state index contributed by atoms with van der Waals surface area (Å²) in [5.74, 6) is 0.298. The van der Waals surface area contributed by atoms with Crippen molar-refractivity contribution in [1.29, 1.82) is 0 Å². The largest absolute Gasteiger partial charge is 0.447 e. The first-order valence-corrected chi connectivity index (χ1v) is 8.46. The number of rotatable bonds is 3. The number of hydrogen-bond acceptors (Lipinski definition) is 5. The Bertz CT molecular complexity index is 1210. The highest BCUT2D eigenvalue weighted by Gasteiger charge is 2.12. The van der Waals surface area contributed by atoms with Crippen LogP contribution in [0.4, 0.5) is 10.7 Å². The molecule has 4 rings (SSSR count). The Balaban J connectivity index is 1.73. The molecular weight excluding hydrogens is 346 g/mol. The fraction of sp³-hybridized carbons (Fsp3) is 0.158. The molecule has 0 unspecified atom stereocenters. The molecular formula is C19H17N5O3. The van der Waals surface area contributed by atoms with Gasteiger partial charge >= 0.3 is 6.09 Å². The first kappa shape index (κ1) is 16.8. The number of H-pyrrole nitrogens is 2. The fourth-order valence-electron chi connectivity index (χ4n) is 2.89. The van der Waals surface area contributed by atoms with Crippen LogP contribution in [-0.2, 0) is 4.74 Å². The van der Waals surface area contributed by atoms with Crippen molar-refractivity contribution < 1.29 is 9.53 Å². The van der Waals surface area contributed by atoms with Crippen LogP contribution in [0.5, 0.6) is 0 Å². The molecule has 8 nitrogen and oxygen atoms in total. The van der Waals surface area contributed by atoms with Crippen LogP contribution in [0, 0.1) is 0 Å². The van der Waals surface area contributed by atoms with Crippen molar-refractivity contribution in [2.24, 2.45) is 0 Å². The number of hydrogen-bond donors (Lipinski definition) is 3. The first-order valence-electron chi connectivity index (χ1n) is 8.46. The summed E-state index contributed by atoms with van der Waals surface area (Å²) >= 11 is 0. The normalized spacial score (nSPS) is 11.2. The third-order valence-electron chi connectivity index (χ3n) is 4.02. The standard InChI is InChI=1S/C19H17N5O3/c1-10(2)27-19(26)22-18-20-14-8-7-11(9-15(14)21-18)16-12-5-3-4-6-13(12)17(25)24-23-16/h3-10H,1-2H3,(H,24,25)(H2,20,21,22,26). The molecule has 0 aliphatic heterocycles. The van der Waals surface area contributed by atoms with Gasteiger partial charge in [-0.25, -0.2) is 14.9 Å². The highest BCUT2D eigenvalue weighted by Crippen LogP contribution is 2.27.